The van der Waals surface area contributed by atoms with Crippen molar-refractivity contribution in [3.63, 3.8) is 0 Å². The molecule has 0 spiro atoms. The van der Waals surface area contributed by atoms with E-state index in [0.29, 0.717) is 49.8 Å². The maximum absolute atomic E-state index is 13.5. The second-order valence-corrected chi connectivity index (χ2v) is 11.5. The Bertz CT molecular complexity index is 1680. The van der Waals surface area contributed by atoms with Gasteiger partial charge in [-0.1, -0.05) is 53.0 Å². The van der Waals surface area contributed by atoms with Crippen LogP contribution in [-0.2, 0) is 4.79 Å². The van der Waals surface area contributed by atoms with Crippen LogP contribution in [-0.4, -0.2) is 35.0 Å². The molecule has 0 saturated heterocycles. The third-order valence-electron chi connectivity index (χ3n) is 6.13. The molecule has 0 aliphatic heterocycles. The lowest BCUT2D eigenvalue weighted by Crippen LogP contribution is -2.23. The van der Waals surface area contributed by atoms with Crippen LogP contribution in [0.3, 0.4) is 0 Å². The van der Waals surface area contributed by atoms with E-state index in [4.69, 9.17) is 37.7 Å². The number of nitrogens with one attached hydrogen (secondary N) is 1. The fraction of sp³-hybridized carbons (Fsp3) is 0.241. The predicted molar refractivity (Wildman–Crippen MR) is 171 cm³/mol. The molecule has 0 fully saturated rings. The van der Waals surface area contributed by atoms with E-state index in [1.54, 1.807) is 42.5 Å². The zero-order valence-electron chi connectivity index (χ0n) is 22.4. The van der Waals surface area contributed by atoms with Crippen LogP contribution >= 0.6 is 55.1 Å². The second kappa shape index (κ2) is 13.8. The highest BCUT2D eigenvalue weighted by Gasteiger charge is 2.20. The Balaban J connectivity index is 1.67. The molecular weight excluding hydrogens is 699 g/mol. The highest BCUT2D eigenvalue weighted by Crippen LogP contribution is 2.42. The van der Waals surface area contributed by atoms with Gasteiger partial charge in [0.1, 0.15) is 10.8 Å². The molecule has 1 N–H and O–H groups in total. The van der Waals surface area contributed by atoms with Crippen LogP contribution in [0.5, 0.6) is 11.5 Å². The van der Waals surface area contributed by atoms with Crippen LogP contribution in [0.2, 0.25) is 10.0 Å². The average molecular weight is 725 g/mol. The number of fused-ring (bicyclic) bond motifs is 1. The predicted octanol–water partition coefficient (Wildman–Crippen LogP) is 8.04. The number of aromatic nitrogens is 2. The van der Waals surface area contributed by atoms with Gasteiger partial charge in [-0.25, -0.2) is 4.98 Å². The van der Waals surface area contributed by atoms with Crippen molar-refractivity contribution in [2.75, 3.05) is 18.5 Å². The third-order valence-corrected chi connectivity index (χ3v) is 8.32. The molecule has 1 heterocycles. The number of rotatable bonds is 10. The van der Waals surface area contributed by atoms with Gasteiger partial charge in [0, 0.05) is 31.1 Å². The number of hydrogen-bond acceptors (Lipinski definition) is 6. The first-order chi connectivity index (χ1) is 19.6. The number of carbonyl (C=O) groups excluding carboxylic acids is 1. The van der Waals surface area contributed by atoms with Crippen LogP contribution in [0.1, 0.15) is 44.5 Å². The molecule has 1 amide bonds. The number of amides is 1. The molecule has 0 aliphatic rings. The fourth-order valence-electron chi connectivity index (χ4n) is 3.86. The Kier molecular flexibility index (Phi) is 10.5. The Hall–Kier alpha value is -2.92. The van der Waals surface area contributed by atoms with E-state index >= 15 is 0 Å². The first-order valence-electron chi connectivity index (χ1n) is 12.7. The van der Waals surface area contributed by atoms with Gasteiger partial charge in [0.05, 0.1) is 23.7 Å². The molecular formula is C29H26Br2Cl2N4O4. The summed E-state index contributed by atoms with van der Waals surface area (Å²) >= 11 is 19.5. The molecule has 1 aromatic heterocycles. The van der Waals surface area contributed by atoms with E-state index in [2.05, 4.69) is 42.3 Å². The van der Waals surface area contributed by atoms with Gasteiger partial charge in [0.15, 0.2) is 18.1 Å². The summed E-state index contributed by atoms with van der Waals surface area (Å²) in [5.41, 5.74) is 1.42. The van der Waals surface area contributed by atoms with Crippen LogP contribution in [0, 0.1) is 0 Å². The summed E-state index contributed by atoms with van der Waals surface area (Å²) in [7, 11) is 0. The SMILES string of the molecule is CCOc1cc(C=Nn2c([C@@H](C)CC)nc3ccc(Br)cc3c2=O)c(Br)c(Cl)c1OCC(=O)Nc1ccc(Cl)cc1. The Morgan fingerprint density at radius 1 is 1.12 bits per heavy atom. The number of halogens is 4. The minimum atomic E-state index is -0.389. The monoisotopic (exact) mass is 722 g/mol. The lowest BCUT2D eigenvalue weighted by Gasteiger charge is -2.16. The zero-order valence-corrected chi connectivity index (χ0v) is 27.1. The molecule has 3 aromatic carbocycles. The van der Waals surface area contributed by atoms with E-state index in [-0.39, 0.29) is 34.8 Å². The number of anilines is 1. The average Bonchev–Trinajstić information content (AvgIpc) is 2.95. The van der Waals surface area contributed by atoms with Crippen molar-refractivity contribution in [3.8, 4) is 11.5 Å². The van der Waals surface area contributed by atoms with E-state index in [1.165, 1.54) is 10.9 Å². The molecule has 4 rings (SSSR count). The molecule has 0 aliphatic carbocycles. The summed E-state index contributed by atoms with van der Waals surface area (Å²) in [5, 5.41) is 8.45. The van der Waals surface area contributed by atoms with Crippen molar-refractivity contribution in [2.45, 2.75) is 33.1 Å². The summed E-state index contributed by atoms with van der Waals surface area (Å²) < 4.78 is 14.1. The minimum absolute atomic E-state index is 0.0197. The van der Waals surface area contributed by atoms with Crippen molar-refractivity contribution >= 4 is 83.8 Å². The van der Waals surface area contributed by atoms with Gasteiger partial charge in [0.2, 0.25) is 0 Å². The van der Waals surface area contributed by atoms with Crippen LogP contribution in [0.4, 0.5) is 5.69 Å². The molecule has 4 aromatic rings. The Labute approximate surface area is 263 Å². The summed E-state index contributed by atoms with van der Waals surface area (Å²) in [6, 6.07) is 13.8. The van der Waals surface area contributed by atoms with E-state index < -0.39 is 0 Å². The molecule has 214 valence electrons. The van der Waals surface area contributed by atoms with Gasteiger partial charge in [-0.15, -0.1) is 0 Å². The highest BCUT2D eigenvalue weighted by atomic mass is 79.9. The number of ether oxygens (including phenoxy) is 2. The standard InChI is InChI=1S/C29H26Br2Cl2N4O4/c1-4-16(3)28-36-22-11-6-18(30)13-21(22)29(39)37(28)34-14-17-12-23(40-5-2)27(26(33)25(17)31)41-15-24(38)35-20-9-7-19(32)8-10-20/h6-14,16H,4-5,15H2,1-3H3,(H,35,38)/t16-/m0/s1. The van der Waals surface area contributed by atoms with Crippen molar-refractivity contribution in [3.05, 3.63) is 89.3 Å². The molecule has 8 nitrogen and oxygen atoms in total. The highest BCUT2D eigenvalue weighted by molar-refractivity contribution is 9.10. The Morgan fingerprint density at radius 3 is 2.54 bits per heavy atom. The zero-order chi connectivity index (χ0) is 29.7. The van der Waals surface area contributed by atoms with Gasteiger partial charge in [-0.3, -0.25) is 9.59 Å². The maximum Gasteiger partial charge on any atom is 0.282 e. The first kappa shape index (κ1) is 31.0. The summed E-state index contributed by atoms with van der Waals surface area (Å²) in [6.07, 6.45) is 2.28. The normalized spacial score (nSPS) is 12.1. The number of nitrogens with zero attached hydrogens (tertiary/aromatic N) is 3. The fourth-order valence-corrected chi connectivity index (χ4v) is 5.00. The number of hydrogen-bond donors (Lipinski definition) is 1. The largest absolute Gasteiger partial charge is 0.490 e. The van der Waals surface area contributed by atoms with Crippen molar-refractivity contribution in [1.29, 1.82) is 0 Å². The van der Waals surface area contributed by atoms with Gasteiger partial charge < -0.3 is 14.8 Å². The van der Waals surface area contributed by atoms with E-state index in [1.807, 2.05) is 26.8 Å². The molecule has 0 saturated carbocycles. The number of benzene rings is 3. The molecule has 1 atom stereocenters. The van der Waals surface area contributed by atoms with Gasteiger partial charge in [-0.05, 0) is 77.8 Å². The van der Waals surface area contributed by atoms with Crippen molar-refractivity contribution in [1.82, 2.24) is 9.66 Å². The first-order valence-corrected chi connectivity index (χ1v) is 15.1. The maximum atomic E-state index is 13.5. The lowest BCUT2D eigenvalue weighted by molar-refractivity contribution is -0.118. The number of carbonyl (C=O) groups is 1. The van der Waals surface area contributed by atoms with Crippen molar-refractivity contribution < 1.29 is 14.3 Å². The van der Waals surface area contributed by atoms with Crippen LogP contribution in [0.25, 0.3) is 10.9 Å². The quantitative estimate of drug-likeness (QED) is 0.167. The topological polar surface area (TPSA) is 94.8 Å². The minimum Gasteiger partial charge on any atom is -0.490 e. The van der Waals surface area contributed by atoms with Crippen LogP contribution < -0.4 is 20.3 Å². The Morgan fingerprint density at radius 2 is 1.85 bits per heavy atom. The summed E-state index contributed by atoms with van der Waals surface area (Å²) in [5.74, 6) is 0.645. The molecule has 41 heavy (non-hydrogen) atoms. The van der Waals surface area contributed by atoms with E-state index in [9.17, 15) is 9.59 Å². The lowest BCUT2D eigenvalue weighted by atomic mass is 10.1. The molecule has 0 bridgehead atoms. The van der Waals surface area contributed by atoms with Crippen LogP contribution in [0.15, 0.2) is 67.4 Å². The summed E-state index contributed by atoms with van der Waals surface area (Å²) in [4.78, 5) is 30.7. The van der Waals surface area contributed by atoms with Crippen molar-refractivity contribution in [2.24, 2.45) is 5.10 Å². The summed E-state index contributed by atoms with van der Waals surface area (Å²) in [6.45, 7) is 5.85. The van der Waals surface area contributed by atoms with Gasteiger partial charge in [-0.2, -0.15) is 9.78 Å². The smallest absolute Gasteiger partial charge is 0.282 e. The third kappa shape index (κ3) is 7.30. The van der Waals surface area contributed by atoms with Gasteiger partial charge >= 0.3 is 0 Å². The molecule has 0 unspecified atom stereocenters. The molecule has 0 radical (unpaired) electrons. The second-order valence-electron chi connectivity index (χ2n) is 9.00. The van der Waals surface area contributed by atoms with E-state index in [0.717, 1.165) is 10.9 Å². The molecule has 12 heteroatoms. The van der Waals surface area contributed by atoms with Gasteiger partial charge in [0.25, 0.3) is 11.5 Å².